The maximum Gasteiger partial charge on any atom is 0.0716 e. The van der Waals surface area contributed by atoms with Gasteiger partial charge in [-0.05, 0) is 74.6 Å². The summed E-state index contributed by atoms with van der Waals surface area (Å²) in [5.41, 5.74) is 15.1. The first-order valence-electron chi connectivity index (χ1n) is 14.5. The molecule has 0 bridgehead atoms. The van der Waals surface area contributed by atoms with Crippen molar-refractivity contribution in [3.05, 3.63) is 190 Å². The van der Waals surface area contributed by atoms with Gasteiger partial charge in [0.1, 0.15) is 0 Å². The molecule has 4 aliphatic rings. The smallest absolute Gasteiger partial charge is 0.0716 e. The van der Waals surface area contributed by atoms with Gasteiger partial charge < -0.3 is 5.32 Å². The van der Waals surface area contributed by atoms with Crippen molar-refractivity contribution in [1.29, 1.82) is 0 Å². The zero-order valence-corrected chi connectivity index (χ0v) is 22.2. The van der Waals surface area contributed by atoms with Crippen molar-refractivity contribution in [3.63, 3.8) is 0 Å². The highest BCUT2D eigenvalue weighted by atomic mass is 14.9. The van der Waals surface area contributed by atoms with Gasteiger partial charge in [0.15, 0.2) is 0 Å². The van der Waals surface area contributed by atoms with Gasteiger partial charge in [-0.1, -0.05) is 127 Å². The molecule has 5 aromatic rings. The quantitative estimate of drug-likeness (QED) is 0.237. The SMILES string of the molecule is C1=C[C@H]2C(C3=C1Cc1ccccc1C31c3ccccc3Nc3ccccc31)c1ccccc1C2c1ccccc1. The fraction of sp³-hybridized carbons (Fsp3) is 0.128. The Bertz CT molecular complexity index is 1830. The molecule has 1 aliphatic heterocycles. The van der Waals surface area contributed by atoms with E-state index in [4.69, 9.17) is 0 Å². The lowest BCUT2D eigenvalue weighted by Gasteiger charge is -2.51. The molecule has 3 atom stereocenters. The van der Waals surface area contributed by atoms with Crippen LogP contribution in [0, 0.1) is 5.92 Å². The zero-order valence-electron chi connectivity index (χ0n) is 22.2. The van der Waals surface area contributed by atoms with Crippen LogP contribution in [0.3, 0.4) is 0 Å². The van der Waals surface area contributed by atoms with E-state index in [0.29, 0.717) is 17.8 Å². The first-order chi connectivity index (χ1) is 19.9. The summed E-state index contributed by atoms with van der Waals surface area (Å²) in [4.78, 5) is 0. The van der Waals surface area contributed by atoms with Crippen LogP contribution in [0.4, 0.5) is 11.4 Å². The fourth-order valence-electron chi connectivity index (χ4n) is 8.56. The summed E-state index contributed by atoms with van der Waals surface area (Å²) in [5, 5.41) is 3.81. The van der Waals surface area contributed by atoms with Crippen LogP contribution >= 0.6 is 0 Å². The Hall–Kier alpha value is -4.62. The number of benzene rings is 5. The standard InChI is InChI=1S/C39H29N/c1-2-12-25(13-3-1)36-28-15-5-6-16-29(28)37-30(36)23-22-27-24-26-14-4-7-17-31(26)39(38(27)37)32-18-8-10-20-34(32)40-35-21-11-9-19-33(35)39/h1-23,30,36-37,40H,24H2/t30-,36?,37?/m1/s1. The lowest BCUT2D eigenvalue weighted by atomic mass is 9.52. The van der Waals surface area contributed by atoms with Crippen molar-refractivity contribution in [2.45, 2.75) is 23.7 Å². The summed E-state index contributed by atoms with van der Waals surface area (Å²) < 4.78 is 0. The molecule has 0 saturated carbocycles. The van der Waals surface area contributed by atoms with Crippen LogP contribution in [0.2, 0.25) is 0 Å². The van der Waals surface area contributed by atoms with E-state index in [1.54, 1.807) is 5.57 Å². The fourth-order valence-corrected chi connectivity index (χ4v) is 8.56. The third-order valence-corrected chi connectivity index (χ3v) is 9.91. The van der Waals surface area contributed by atoms with Crippen molar-refractivity contribution in [1.82, 2.24) is 0 Å². The van der Waals surface area contributed by atoms with Gasteiger partial charge in [-0.15, -0.1) is 0 Å². The van der Waals surface area contributed by atoms with E-state index < -0.39 is 0 Å². The Labute approximate surface area is 235 Å². The summed E-state index contributed by atoms with van der Waals surface area (Å²) in [7, 11) is 0. The molecule has 40 heavy (non-hydrogen) atoms. The number of allylic oxidation sites excluding steroid dienone is 4. The van der Waals surface area contributed by atoms with Crippen LogP contribution < -0.4 is 5.32 Å². The number of anilines is 2. The molecule has 1 heteroatoms. The second-order valence-corrected chi connectivity index (χ2v) is 11.7. The number of rotatable bonds is 1. The van der Waals surface area contributed by atoms with E-state index in [-0.39, 0.29) is 5.41 Å². The Kier molecular flexibility index (Phi) is 4.55. The molecule has 0 radical (unpaired) electrons. The average molecular weight is 512 g/mol. The van der Waals surface area contributed by atoms with E-state index in [9.17, 15) is 0 Å². The van der Waals surface area contributed by atoms with E-state index >= 15 is 0 Å². The van der Waals surface area contributed by atoms with Gasteiger partial charge in [-0.2, -0.15) is 0 Å². The lowest BCUT2D eigenvalue weighted by molar-refractivity contribution is 0.490. The molecular formula is C39H29N. The summed E-state index contributed by atoms with van der Waals surface area (Å²) in [6.45, 7) is 0. The number of fused-ring (bicyclic) bond motifs is 11. The highest BCUT2D eigenvalue weighted by Crippen LogP contribution is 2.66. The van der Waals surface area contributed by atoms with Crippen LogP contribution in [-0.4, -0.2) is 0 Å². The van der Waals surface area contributed by atoms with Crippen LogP contribution in [0.1, 0.15) is 50.8 Å². The first-order valence-corrected chi connectivity index (χ1v) is 14.5. The van der Waals surface area contributed by atoms with Crippen molar-refractivity contribution >= 4 is 11.4 Å². The van der Waals surface area contributed by atoms with Gasteiger partial charge in [-0.3, -0.25) is 0 Å². The number of hydrogen-bond donors (Lipinski definition) is 1. The summed E-state index contributed by atoms with van der Waals surface area (Å²) >= 11 is 0. The predicted octanol–water partition coefficient (Wildman–Crippen LogP) is 9.05. The minimum atomic E-state index is -0.366. The number of para-hydroxylation sites is 2. The van der Waals surface area contributed by atoms with E-state index in [1.165, 1.54) is 55.9 Å². The molecule has 1 spiro atoms. The molecule has 5 aromatic carbocycles. The molecule has 0 amide bonds. The van der Waals surface area contributed by atoms with Gasteiger partial charge in [-0.25, -0.2) is 0 Å². The third kappa shape index (κ3) is 2.77. The second-order valence-electron chi connectivity index (χ2n) is 11.7. The molecule has 0 fully saturated rings. The van der Waals surface area contributed by atoms with Gasteiger partial charge in [0.2, 0.25) is 0 Å². The highest BCUT2D eigenvalue weighted by Gasteiger charge is 2.56. The van der Waals surface area contributed by atoms with Crippen LogP contribution in [0.25, 0.3) is 0 Å². The molecule has 0 aromatic heterocycles. The van der Waals surface area contributed by atoms with Crippen molar-refractivity contribution < 1.29 is 0 Å². The molecule has 0 saturated heterocycles. The monoisotopic (exact) mass is 511 g/mol. The maximum absolute atomic E-state index is 3.81. The normalized spacial score (nSPS) is 22.4. The minimum absolute atomic E-state index is 0.300. The van der Waals surface area contributed by atoms with E-state index in [0.717, 1.165) is 6.42 Å². The van der Waals surface area contributed by atoms with Gasteiger partial charge >= 0.3 is 0 Å². The largest absolute Gasteiger partial charge is 0.355 e. The summed E-state index contributed by atoms with van der Waals surface area (Å²) in [5.74, 6) is 1.01. The summed E-state index contributed by atoms with van der Waals surface area (Å²) in [6, 6.07) is 47.7. The molecular weight excluding hydrogens is 482 g/mol. The van der Waals surface area contributed by atoms with Crippen molar-refractivity contribution in [2.24, 2.45) is 5.92 Å². The lowest BCUT2D eigenvalue weighted by Crippen LogP contribution is -2.43. The average Bonchev–Trinajstić information content (AvgIpc) is 3.36. The second kappa shape index (κ2) is 8.19. The Balaban J connectivity index is 1.40. The maximum atomic E-state index is 3.81. The Morgan fingerprint density at radius 2 is 1.12 bits per heavy atom. The first kappa shape index (κ1) is 22.2. The molecule has 1 heterocycles. The molecule has 1 N–H and O–H groups in total. The molecule has 190 valence electrons. The van der Waals surface area contributed by atoms with Gasteiger partial charge in [0, 0.05) is 23.2 Å². The van der Waals surface area contributed by atoms with E-state index in [1.807, 2.05) is 0 Å². The molecule has 9 rings (SSSR count). The molecule has 3 aliphatic carbocycles. The molecule has 1 nitrogen and oxygen atoms in total. The van der Waals surface area contributed by atoms with Crippen molar-refractivity contribution in [2.75, 3.05) is 5.32 Å². The number of nitrogens with one attached hydrogen (secondary N) is 1. The van der Waals surface area contributed by atoms with E-state index in [2.05, 4.69) is 145 Å². The minimum Gasteiger partial charge on any atom is -0.355 e. The van der Waals surface area contributed by atoms with Gasteiger partial charge in [0.05, 0.1) is 5.41 Å². The predicted molar refractivity (Wildman–Crippen MR) is 163 cm³/mol. The van der Waals surface area contributed by atoms with Crippen LogP contribution in [0.5, 0.6) is 0 Å². The highest BCUT2D eigenvalue weighted by molar-refractivity contribution is 5.84. The van der Waals surface area contributed by atoms with Gasteiger partial charge in [0.25, 0.3) is 0 Å². The van der Waals surface area contributed by atoms with Crippen molar-refractivity contribution in [3.8, 4) is 0 Å². The van der Waals surface area contributed by atoms with Crippen LogP contribution in [-0.2, 0) is 11.8 Å². The number of hydrogen-bond acceptors (Lipinski definition) is 1. The molecule has 2 unspecified atom stereocenters. The Morgan fingerprint density at radius 1 is 0.550 bits per heavy atom. The third-order valence-electron chi connectivity index (χ3n) is 9.91. The Morgan fingerprint density at radius 3 is 1.85 bits per heavy atom. The van der Waals surface area contributed by atoms with Crippen LogP contribution in [0.15, 0.2) is 151 Å². The summed E-state index contributed by atoms with van der Waals surface area (Å²) in [6.07, 6.45) is 6.01. The zero-order chi connectivity index (χ0) is 26.3. The topological polar surface area (TPSA) is 12.0 Å².